The van der Waals surface area contributed by atoms with Crippen LogP contribution in [-0.2, 0) is 13.0 Å². The summed E-state index contributed by atoms with van der Waals surface area (Å²) in [5.41, 5.74) is 2.27. The number of H-pyrrole nitrogens is 1. The van der Waals surface area contributed by atoms with E-state index in [2.05, 4.69) is 48.7 Å². The Hall–Kier alpha value is -3.05. The molecule has 0 radical (unpaired) electrons. The largest absolute Gasteiger partial charge is 0.494 e. The van der Waals surface area contributed by atoms with E-state index in [0.717, 1.165) is 30.8 Å². The highest BCUT2D eigenvalue weighted by molar-refractivity contribution is 5.81. The van der Waals surface area contributed by atoms with Crippen LogP contribution in [-0.4, -0.2) is 53.6 Å². The van der Waals surface area contributed by atoms with Gasteiger partial charge in [-0.1, -0.05) is 18.6 Å². The van der Waals surface area contributed by atoms with Crippen molar-refractivity contribution >= 4 is 5.96 Å². The van der Waals surface area contributed by atoms with Gasteiger partial charge in [0.1, 0.15) is 5.75 Å². The summed E-state index contributed by atoms with van der Waals surface area (Å²) >= 11 is 0. The van der Waals surface area contributed by atoms with Crippen molar-refractivity contribution in [2.45, 2.75) is 38.6 Å². The van der Waals surface area contributed by atoms with Gasteiger partial charge in [0.2, 0.25) is 5.96 Å². The molecule has 1 aliphatic heterocycles. The number of hydrogen-bond acceptors (Lipinski definition) is 5. The van der Waals surface area contributed by atoms with Crippen molar-refractivity contribution in [3.05, 3.63) is 48.0 Å². The predicted octanol–water partition coefficient (Wildman–Crippen LogP) is 2.42. The molecule has 0 unspecified atom stereocenters. The van der Waals surface area contributed by atoms with Crippen LogP contribution < -0.4 is 15.4 Å². The van der Waals surface area contributed by atoms with Gasteiger partial charge in [-0.25, -0.2) is 4.98 Å². The summed E-state index contributed by atoms with van der Waals surface area (Å²) in [7, 11) is 0. The average molecular weight is 410 g/mol. The molecule has 1 aromatic carbocycles. The Balaban J connectivity index is 1.36. The molecule has 3 N–H and O–H groups in total. The molecule has 8 heteroatoms. The summed E-state index contributed by atoms with van der Waals surface area (Å²) < 4.78 is 5.90. The molecule has 1 saturated heterocycles. The fourth-order valence-corrected chi connectivity index (χ4v) is 3.48. The molecule has 160 valence electrons. The molecule has 1 aromatic heterocycles. The molecule has 0 bridgehead atoms. The maximum atomic E-state index is 8.89. The minimum absolute atomic E-state index is 0.483. The number of ether oxygens (including phenoxy) is 1. The topological polar surface area (TPSA) is 101 Å². The smallest absolute Gasteiger partial charge is 0.204 e. The Kier molecular flexibility index (Phi) is 9.02. The van der Waals surface area contributed by atoms with E-state index < -0.39 is 0 Å². The van der Waals surface area contributed by atoms with E-state index in [9.17, 15) is 0 Å². The van der Waals surface area contributed by atoms with Gasteiger partial charge in [-0.15, -0.1) is 0 Å². The first-order valence-electron chi connectivity index (χ1n) is 10.7. The molecule has 2 heterocycles. The van der Waals surface area contributed by atoms with Gasteiger partial charge in [-0.05, 0) is 43.6 Å². The van der Waals surface area contributed by atoms with Gasteiger partial charge in [0.15, 0.2) is 6.19 Å². The first kappa shape index (κ1) is 21.7. The second-order valence-electron chi connectivity index (χ2n) is 7.39. The summed E-state index contributed by atoms with van der Waals surface area (Å²) in [6.45, 7) is 5.19. The van der Waals surface area contributed by atoms with Gasteiger partial charge in [0.05, 0.1) is 18.6 Å². The first-order valence-corrected chi connectivity index (χ1v) is 10.7. The molecule has 1 aliphatic rings. The number of nitrogens with zero attached hydrogens (tertiary/aromatic N) is 4. The molecule has 0 amide bonds. The van der Waals surface area contributed by atoms with Crippen LogP contribution in [0.3, 0.4) is 0 Å². The van der Waals surface area contributed by atoms with Crippen molar-refractivity contribution in [1.29, 1.82) is 5.26 Å². The van der Waals surface area contributed by atoms with Crippen LogP contribution in [0.15, 0.2) is 41.8 Å². The molecule has 0 atom stereocenters. The molecule has 1 fully saturated rings. The number of nitriles is 1. The minimum Gasteiger partial charge on any atom is -0.494 e. The van der Waals surface area contributed by atoms with E-state index in [0.29, 0.717) is 25.7 Å². The number of guanidine groups is 1. The monoisotopic (exact) mass is 409 g/mol. The summed E-state index contributed by atoms with van der Waals surface area (Å²) in [5.74, 6) is 1.39. The molecule has 0 spiro atoms. The highest BCUT2D eigenvalue weighted by Crippen LogP contribution is 2.17. The number of aromatic amines is 1. The fraction of sp³-hybridized carbons (Fsp3) is 0.500. The number of likely N-dealkylation sites (tertiary alicyclic amines) is 1. The number of rotatable bonds is 10. The highest BCUT2D eigenvalue weighted by Gasteiger charge is 2.10. The van der Waals surface area contributed by atoms with Gasteiger partial charge in [0, 0.05) is 38.7 Å². The molecule has 8 nitrogen and oxygen atoms in total. The Labute approximate surface area is 178 Å². The summed E-state index contributed by atoms with van der Waals surface area (Å²) in [5, 5.41) is 14.6. The lowest BCUT2D eigenvalue weighted by Gasteiger charge is -2.26. The van der Waals surface area contributed by atoms with E-state index in [1.807, 2.05) is 18.5 Å². The molecule has 0 saturated carbocycles. The molecule has 30 heavy (non-hydrogen) atoms. The number of imidazole rings is 1. The zero-order chi connectivity index (χ0) is 20.9. The molecular weight excluding hydrogens is 378 g/mol. The van der Waals surface area contributed by atoms with Gasteiger partial charge >= 0.3 is 0 Å². The van der Waals surface area contributed by atoms with Crippen molar-refractivity contribution < 1.29 is 4.74 Å². The number of piperidine rings is 1. The number of benzene rings is 1. The zero-order valence-electron chi connectivity index (χ0n) is 17.4. The Morgan fingerprint density at radius 3 is 3.00 bits per heavy atom. The second-order valence-corrected chi connectivity index (χ2v) is 7.39. The van der Waals surface area contributed by atoms with Crippen LogP contribution in [0.5, 0.6) is 5.75 Å². The molecular formula is C22H31N7O. The number of aliphatic imine (C=N–C) groups is 1. The van der Waals surface area contributed by atoms with Crippen LogP contribution in [0.1, 0.15) is 36.9 Å². The Morgan fingerprint density at radius 1 is 1.30 bits per heavy atom. The van der Waals surface area contributed by atoms with Crippen LogP contribution in [0.2, 0.25) is 0 Å². The number of hydrogen-bond donors (Lipinski definition) is 3. The predicted molar refractivity (Wildman–Crippen MR) is 117 cm³/mol. The van der Waals surface area contributed by atoms with Crippen molar-refractivity contribution in [1.82, 2.24) is 25.5 Å². The average Bonchev–Trinajstić information content (AvgIpc) is 3.28. The summed E-state index contributed by atoms with van der Waals surface area (Å²) in [4.78, 5) is 14.0. The third-order valence-corrected chi connectivity index (χ3v) is 5.00. The quantitative estimate of drug-likeness (QED) is 0.183. The van der Waals surface area contributed by atoms with Gasteiger partial charge in [0.25, 0.3) is 0 Å². The van der Waals surface area contributed by atoms with E-state index >= 15 is 0 Å². The van der Waals surface area contributed by atoms with Crippen LogP contribution in [0.4, 0.5) is 0 Å². The number of nitrogens with one attached hydrogen (secondary N) is 3. The van der Waals surface area contributed by atoms with E-state index in [-0.39, 0.29) is 0 Å². The summed E-state index contributed by atoms with van der Waals surface area (Å²) in [6.07, 6.45) is 10.9. The van der Waals surface area contributed by atoms with Crippen LogP contribution in [0, 0.1) is 11.5 Å². The summed E-state index contributed by atoms with van der Waals surface area (Å²) in [6, 6.07) is 8.37. The highest BCUT2D eigenvalue weighted by atomic mass is 16.5. The lowest BCUT2D eigenvalue weighted by molar-refractivity contribution is 0.220. The van der Waals surface area contributed by atoms with Gasteiger partial charge in [-0.3, -0.25) is 15.2 Å². The van der Waals surface area contributed by atoms with Crippen molar-refractivity contribution in [2.75, 3.05) is 32.8 Å². The van der Waals surface area contributed by atoms with Crippen molar-refractivity contribution in [3.8, 4) is 11.9 Å². The SMILES string of the molecule is N#CN/C(=N\CCCOc1cccc(CN2CCCCC2)c1)NCCc1c[nH]cn1. The number of aromatic nitrogens is 2. The lowest BCUT2D eigenvalue weighted by atomic mass is 10.1. The zero-order valence-corrected chi connectivity index (χ0v) is 17.4. The second kappa shape index (κ2) is 12.5. The standard InChI is InChI=1S/C22H31N7O/c23-17-27-22(26-10-8-20-15-24-18-28-20)25-9-5-13-30-21-7-4-6-19(14-21)16-29-11-2-1-3-12-29/h4,6-7,14-15,18H,1-3,5,8-13,16H2,(H,24,28)(H2,25,26,27). The van der Waals surface area contributed by atoms with Crippen LogP contribution >= 0.6 is 0 Å². The minimum atomic E-state index is 0.483. The van der Waals surface area contributed by atoms with Crippen molar-refractivity contribution in [3.63, 3.8) is 0 Å². The normalized spacial score (nSPS) is 14.8. The lowest BCUT2D eigenvalue weighted by Crippen LogP contribution is -2.36. The molecule has 2 aromatic rings. The van der Waals surface area contributed by atoms with Gasteiger partial charge in [-0.2, -0.15) is 5.26 Å². The van der Waals surface area contributed by atoms with E-state index in [4.69, 9.17) is 10.00 Å². The van der Waals surface area contributed by atoms with Crippen molar-refractivity contribution in [2.24, 2.45) is 4.99 Å². The molecule has 0 aliphatic carbocycles. The van der Waals surface area contributed by atoms with Gasteiger partial charge < -0.3 is 15.0 Å². The Morgan fingerprint density at radius 2 is 2.20 bits per heavy atom. The Bertz CT molecular complexity index is 807. The van der Waals surface area contributed by atoms with E-state index in [1.54, 1.807) is 6.33 Å². The molecule has 3 rings (SSSR count). The third-order valence-electron chi connectivity index (χ3n) is 5.00. The van der Waals surface area contributed by atoms with Crippen LogP contribution in [0.25, 0.3) is 0 Å². The maximum absolute atomic E-state index is 8.89. The fourth-order valence-electron chi connectivity index (χ4n) is 3.48. The third kappa shape index (κ3) is 7.76. The maximum Gasteiger partial charge on any atom is 0.204 e. The first-order chi connectivity index (χ1) is 14.8. The van der Waals surface area contributed by atoms with E-state index in [1.165, 1.54) is 37.9 Å².